The van der Waals surface area contributed by atoms with Crippen molar-refractivity contribution in [3.05, 3.63) is 41.7 Å². The number of aromatic nitrogens is 3. The molecule has 7 heteroatoms. The normalized spacial score (nSPS) is 17.3. The SMILES string of the molecule is CC(C)Oc1ccc(C(=O)N2CCN(c3ccc(C4CC4)nn3)CC2)cn1. The van der Waals surface area contributed by atoms with Crippen molar-refractivity contribution >= 4 is 11.7 Å². The first-order valence-electron chi connectivity index (χ1n) is 9.61. The Labute approximate surface area is 159 Å². The van der Waals surface area contributed by atoms with E-state index in [1.165, 1.54) is 12.8 Å². The van der Waals surface area contributed by atoms with Crippen LogP contribution < -0.4 is 9.64 Å². The highest BCUT2D eigenvalue weighted by atomic mass is 16.5. The molecule has 1 aliphatic heterocycles. The summed E-state index contributed by atoms with van der Waals surface area (Å²) in [6.45, 7) is 6.73. The van der Waals surface area contributed by atoms with Crippen molar-refractivity contribution in [2.24, 2.45) is 0 Å². The molecule has 1 saturated carbocycles. The monoisotopic (exact) mass is 367 g/mol. The molecule has 2 aliphatic rings. The quantitative estimate of drug-likeness (QED) is 0.809. The van der Waals surface area contributed by atoms with E-state index in [0.717, 1.165) is 24.6 Å². The summed E-state index contributed by atoms with van der Waals surface area (Å²) < 4.78 is 5.53. The van der Waals surface area contributed by atoms with Gasteiger partial charge < -0.3 is 14.5 Å². The molecule has 0 bridgehead atoms. The van der Waals surface area contributed by atoms with Gasteiger partial charge in [0.1, 0.15) is 0 Å². The van der Waals surface area contributed by atoms with E-state index >= 15 is 0 Å². The number of ether oxygens (including phenoxy) is 1. The predicted molar refractivity (Wildman–Crippen MR) is 102 cm³/mol. The highest BCUT2D eigenvalue weighted by Crippen LogP contribution is 2.38. The molecule has 1 amide bonds. The molecule has 142 valence electrons. The van der Waals surface area contributed by atoms with Gasteiger partial charge >= 0.3 is 0 Å². The third kappa shape index (κ3) is 4.18. The maximum absolute atomic E-state index is 12.7. The topological polar surface area (TPSA) is 71.5 Å². The van der Waals surface area contributed by atoms with Crippen molar-refractivity contribution in [1.29, 1.82) is 0 Å². The van der Waals surface area contributed by atoms with Crippen molar-refractivity contribution in [2.45, 2.75) is 38.7 Å². The fourth-order valence-corrected chi connectivity index (χ4v) is 3.24. The van der Waals surface area contributed by atoms with Gasteiger partial charge in [-0.05, 0) is 44.9 Å². The van der Waals surface area contributed by atoms with Crippen LogP contribution in [-0.4, -0.2) is 58.3 Å². The predicted octanol–water partition coefficient (Wildman–Crippen LogP) is 2.50. The summed E-state index contributed by atoms with van der Waals surface area (Å²) >= 11 is 0. The third-order valence-electron chi connectivity index (χ3n) is 4.90. The highest BCUT2D eigenvalue weighted by molar-refractivity contribution is 5.94. The number of nitrogens with zero attached hydrogens (tertiary/aromatic N) is 5. The van der Waals surface area contributed by atoms with Crippen LogP contribution in [0.4, 0.5) is 5.82 Å². The third-order valence-corrected chi connectivity index (χ3v) is 4.90. The summed E-state index contributed by atoms with van der Waals surface area (Å²) in [7, 11) is 0. The van der Waals surface area contributed by atoms with E-state index in [-0.39, 0.29) is 12.0 Å². The van der Waals surface area contributed by atoms with Crippen LogP contribution in [0, 0.1) is 0 Å². The second-order valence-electron chi connectivity index (χ2n) is 7.42. The smallest absolute Gasteiger partial charge is 0.255 e. The van der Waals surface area contributed by atoms with Gasteiger partial charge in [0.15, 0.2) is 5.82 Å². The minimum Gasteiger partial charge on any atom is -0.475 e. The molecule has 2 aromatic rings. The minimum atomic E-state index is 0.00779. The van der Waals surface area contributed by atoms with E-state index in [4.69, 9.17) is 4.74 Å². The standard InChI is InChI=1S/C20H25N5O2/c1-14(2)27-19-8-5-16(13-21-19)20(26)25-11-9-24(10-12-25)18-7-6-17(22-23-18)15-3-4-15/h5-8,13-15H,3-4,9-12H2,1-2H3. The Morgan fingerprint density at radius 3 is 2.41 bits per heavy atom. The zero-order valence-corrected chi connectivity index (χ0v) is 15.8. The van der Waals surface area contributed by atoms with Gasteiger partial charge in [0.05, 0.1) is 17.4 Å². The van der Waals surface area contributed by atoms with E-state index in [9.17, 15) is 4.79 Å². The lowest BCUT2D eigenvalue weighted by atomic mass is 10.2. The van der Waals surface area contributed by atoms with Crippen LogP contribution in [-0.2, 0) is 0 Å². The van der Waals surface area contributed by atoms with Crippen molar-refractivity contribution in [3.8, 4) is 5.88 Å². The number of rotatable bonds is 5. The van der Waals surface area contributed by atoms with E-state index in [2.05, 4.69) is 32.2 Å². The van der Waals surface area contributed by atoms with E-state index in [0.29, 0.717) is 30.5 Å². The molecule has 2 fully saturated rings. The number of carbonyl (C=O) groups excluding carboxylic acids is 1. The Hall–Kier alpha value is -2.70. The van der Waals surface area contributed by atoms with Crippen LogP contribution in [0.25, 0.3) is 0 Å². The summed E-state index contributed by atoms with van der Waals surface area (Å²) in [5.41, 5.74) is 1.69. The molecule has 7 nitrogen and oxygen atoms in total. The van der Waals surface area contributed by atoms with Gasteiger partial charge in [0.25, 0.3) is 5.91 Å². The molecule has 0 spiro atoms. The lowest BCUT2D eigenvalue weighted by Crippen LogP contribution is -2.49. The molecule has 1 saturated heterocycles. The van der Waals surface area contributed by atoms with Gasteiger partial charge in [-0.1, -0.05) is 0 Å². The molecule has 2 aromatic heterocycles. The van der Waals surface area contributed by atoms with Crippen LogP contribution in [0.5, 0.6) is 5.88 Å². The maximum atomic E-state index is 12.7. The van der Waals surface area contributed by atoms with Gasteiger partial charge in [-0.15, -0.1) is 5.10 Å². The van der Waals surface area contributed by atoms with Gasteiger partial charge in [0.2, 0.25) is 5.88 Å². The minimum absolute atomic E-state index is 0.00779. The average molecular weight is 367 g/mol. The number of carbonyl (C=O) groups is 1. The molecule has 27 heavy (non-hydrogen) atoms. The molecule has 0 atom stereocenters. The highest BCUT2D eigenvalue weighted by Gasteiger charge is 2.26. The van der Waals surface area contributed by atoms with Crippen molar-refractivity contribution in [3.63, 3.8) is 0 Å². The van der Waals surface area contributed by atoms with Gasteiger partial charge in [-0.2, -0.15) is 5.10 Å². The van der Waals surface area contributed by atoms with Gasteiger partial charge in [-0.3, -0.25) is 4.79 Å². The van der Waals surface area contributed by atoms with E-state index < -0.39 is 0 Å². The first kappa shape index (κ1) is 17.7. The summed E-state index contributed by atoms with van der Waals surface area (Å²) in [4.78, 5) is 21.0. The fourth-order valence-electron chi connectivity index (χ4n) is 3.24. The van der Waals surface area contributed by atoms with Crippen molar-refractivity contribution in [1.82, 2.24) is 20.1 Å². The Bertz CT molecular complexity index is 779. The maximum Gasteiger partial charge on any atom is 0.255 e. The second kappa shape index (κ2) is 7.50. The molecule has 1 aliphatic carbocycles. The van der Waals surface area contributed by atoms with Crippen LogP contribution >= 0.6 is 0 Å². The first-order valence-corrected chi connectivity index (χ1v) is 9.61. The molecule has 4 rings (SSSR count). The van der Waals surface area contributed by atoms with Crippen molar-refractivity contribution in [2.75, 3.05) is 31.1 Å². The van der Waals surface area contributed by atoms with Crippen LogP contribution in [0.1, 0.15) is 48.7 Å². The molecule has 3 heterocycles. The number of amides is 1. The summed E-state index contributed by atoms with van der Waals surface area (Å²) in [5.74, 6) is 2.06. The van der Waals surface area contributed by atoms with Crippen molar-refractivity contribution < 1.29 is 9.53 Å². The largest absolute Gasteiger partial charge is 0.475 e. The number of pyridine rings is 1. The summed E-state index contributed by atoms with van der Waals surface area (Å²) in [5, 5.41) is 8.73. The molecule has 0 radical (unpaired) electrons. The molecule has 0 aromatic carbocycles. The second-order valence-corrected chi connectivity index (χ2v) is 7.42. The summed E-state index contributed by atoms with van der Waals surface area (Å²) in [6, 6.07) is 7.67. The Morgan fingerprint density at radius 1 is 1.07 bits per heavy atom. The van der Waals surface area contributed by atoms with Crippen LogP contribution in [0.3, 0.4) is 0 Å². The number of piperazine rings is 1. The Kier molecular flexibility index (Phi) is 4.92. The Morgan fingerprint density at radius 2 is 1.85 bits per heavy atom. The van der Waals surface area contributed by atoms with E-state index in [1.807, 2.05) is 18.7 Å². The summed E-state index contributed by atoms with van der Waals surface area (Å²) in [6.07, 6.45) is 4.12. The average Bonchev–Trinajstić information content (AvgIpc) is 3.53. The number of anilines is 1. The molecule has 0 N–H and O–H groups in total. The van der Waals surface area contributed by atoms with Crippen LogP contribution in [0.15, 0.2) is 30.5 Å². The first-order chi connectivity index (χ1) is 13.1. The number of hydrogen-bond donors (Lipinski definition) is 0. The lowest BCUT2D eigenvalue weighted by Gasteiger charge is -2.35. The van der Waals surface area contributed by atoms with Crippen LogP contribution in [0.2, 0.25) is 0 Å². The van der Waals surface area contributed by atoms with Gasteiger partial charge in [0, 0.05) is 44.4 Å². The molecular formula is C20H25N5O2. The fraction of sp³-hybridized carbons (Fsp3) is 0.500. The van der Waals surface area contributed by atoms with Gasteiger partial charge in [-0.25, -0.2) is 4.98 Å². The molecule has 0 unspecified atom stereocenters. The zero-order chi connectivity index (χ0) is 18.8. The zero-order valence-electron chi connectivity index (χ0n) is 15.8. The van der Waals surface area contributed by atoms with E-state index in [1.54, 1.807) is 18.3 Å². The number of hydrogen-bond acceptors (Lipinski definition) is 6. The lowest BCUT2D eigenvalue weighted by molar-refractivity contribution is 0.0746. The Balaban J connectivity index is 1.33. The molecular weight excluding hydrogens is 342 g/mol.